The fourth-order valence-corrected chi connectivity index (χ4v) is 2.45. The summed E-state index contributed by atoms with van der Waals surface area (Å²) < 4.78 is 0. The van der Waals surface area contributed by atoms with Crippen LogP contribution in [0.5, 0.6) is 0 Å². The number of likely N-dealkylation sites (tertiary alicyclic amines) is 1. The number of nitrogens with one attached hydrogen (secondary N) is 1. The summed E-state index contributed by atoms with van der Waals surface area (Å²) in [7, 11) is 2.05. The predicted octanol–water partition coefficient (Wildman–Crippen LogP) is 2.35. The summed E-state index contributed by atoms with van der Waals surface area (Å²) in [5, 5.41) is 3.25. The molecule has 0 spiro atoms. The molecule has 0 unspecified atom stereocenters. The van der Waals surface area contributed by atoms with Crippen molar-refractivity contribution in [2.75, 3.05) is 33.2 Å². The van der Waals surface area contributed by atoms with Crippen LogP contribution in [0.4, 0.5) is 0 Å². The van der Waals surface area contributed by atoms with E-state index in [4.69, 9.17) is 0 Å². The average Bonchev–Trinajstić information content (AvgIpc) is 2.14. The highest BCUT2D eigenvalue weighted by molar-refractivity contribution is 4.76. The van der Waals surface area contributed by atoms with Gasteiger partial charge in [-0.3, -0.25) is 0 Å². The molecule has 90 valence electrons. The van der Waals surface area contributed by atoms with Crippen molar-refractivity contribution in [3.63, 3.8) is 0 Å². The van der Waals surface area contributed by atoms with Crippen LogP contribution in [0.25, 0.3) is 0 Å². The molecule has 1 saturated heterocycles. The summed E-state index contributed by atoms with van der Waals surface area (Å²) in [6, 6.07) is 0. The van der Waals surface area contributed by atoms with Crippen LogP contribution in [0.3, 0.4) is 0 Å². The van der Waals surface area contributed by atoms with Crippen molar-refractivity contribution in [2.45, 2.75) is 40.0 Å². The molecule has 0 aliphatic carbocycles. The Bertz CT molecular complexity index is 164. The molecule has 0 atom stereocenters. The normalized spacial score (nSPS) is 20.8. The lowest BCUT2D eigenvalue weighted by Gasteiger charge is -2.36. The average molecular weight is 212 g/mol. The maximum absolute atomic E-state index is 3.25. The van der Waals surface area contributed by atoms with Crippen LogP contribution < -0.4 is 5.32 Å². The van der Waals surface area contributed by atoms with E-state index in [1.54, 1.807) is 0 Å². The minimum absolute atomic E-state index is 0.456. The zero-order chi connectivity index (χ0) is 11.3. The van der Waals surface area contributed by atoms with E-state index in [0.29, 0.717) is 5.41 Å². The molecule has 1 aliphatic heterocycles. The van der Waals surface area contributed by atoms with Gasteiger partial charge in [0.1, 0.15) is 0 Å². The van der Waals surface area contributed by atoms with E-state index in [1.807, 2.05) is 0 Å². The molecule has 1 fully saturated rings. The maximum Gasteiger partial charge on any atom is 0.00300 e. The van der Waals surface area contributed by atoms with Gasteiger partial charge in [0.05, 0.1) is 0 Å². The molecule has 0 aromatic carbocycles. The van der Waals surface area contributed by atoms with E-state index in [0.717, 1.165) is 5.92 Å². The summed E-state index contributed by atoms with van der Waals surface area (Å²) in [6.45, 7) is 12.1. The van der Waals surface area contributed by atoms with Crippen molar-refractivity contribution in [3.8, 4) is 0 Å². The van der Waals surface area contributed by atoms with Crippen molar-refractivity contribution >= 4 is 0 Å². The Morgan fingerprint density at radius 2 is 1.80 bits per heavy atom. The maximum atomic E-state index is 3.25. The number of hydrogen-bond donors (Lipinski definition) is 1. The monoisotopic (exact) mass is 212 g/mol. The number of piperidine rings is 1. The van der Waals surface area contributed by atoms with Crippen LogP contribution in [-0.4, -0.2) is 38.1 Å². The minimum atomic E-state index is 0.456. The Balaban J connectivity index is 2.18. The fraction of sp³-hybridized carbons (Fsp3) is 1.00. The summed E-state index contributed by atoms with van der Waals surface area (Å²) in [5.74, 6) is 0.966. The molecule has 1 rings (SSSR count). The van der Waals surface area contributed by atoms with E-state index in [-0.39, 0.29) is 0 Å². The molecule has 0 aromatic heterocycles. The molecule has 1 aliphatic rings. The fourth-order valence-electron chi connectivity index (χ4n) is 2.45. The molecule has 1 heterocycles. The molecular formula is C13H28N2. The minimum Gasteiger partial charge on any atom is -0.320 e. The lowest BCUT2D eigenvalue weighted by molar-refractivity contribution is 0.133. The van der Waals surface area contributed by atoms with Crippen LogP contribution in [0, 0.1) is 11.3 Å². The standard InChI is InChI=1S/C13H28N2/c1-13(2,3)11-15-9-6-12(7-10-15)5-8-14-4/h12,14H,5-11H2,1-4H3. The SMILES string of the molecule is CNCCC1CCN(CC(C)(C)C)CC1. The smallest absolute Gasteiger partial charge is 0.00300 e. The first kappa shape index (κ1) is 13.0. The zero-order valence-corrected chi connectivity index (χ0v) is 11.0. The van der Waals surface area contributed by atoms with Gasteiger partial charge in [-0.15, -0.1) is 0 Å². The summed E-state index contributed by atoms with van der Waals surface area (Å²) in [5.41, 5.74) is 0.456. The molecule has 0 aromatic rings. The van der Waals surface area contributed by atoms with Gasteiger partial charge in [-0.05, 0) is 57.3 Å². The summed E-state index contributed by atoms with van der Waals surface area (Å²) in [6.07, 6.45) is 4.16. The molecule has 2 nitrogen and oxygen atoms in total. The van der Waals surface area contributed by atoms with E-state index in [9.17, 15) is 0 Å². The second-order valence-electron chi connectivity index (χ2n) is 6.17. The van der Waals surface area contributed by atoms with Gasteiger partial charge in [-0.25, -0.2) is 0 Å². The van der Waals surface area contributed by atoms with Crippen molar-refractivity contribution in [1.82, 2.24) is 10.2 Å². The van der Waals surface area contributed by atoms with Crippen LogP contribution >= 0.6 is 0 Å². The largest absolute Gasteiger partial charge is 0.320 e. The van der Waals surface area contributed by atoms with Gasteiger partial charge in [0.2, 0.25) is 0 Å². The Morgan fingerprint density at radius 3 is 2.27 bits per heavy atom. The highest BCUT2D eigenvalue weighted by Gasteiger charge is 2.22. The second-order valence-corrected chi connectivity index (χ2v) is 6.17. The lowest BCUT2D eigenvalue weighted by Crippen LogP contribution is -2.39. The van der Waals surface area contributed by atoms with E-state index >= 15 is 0 Å². The van der Waals surface area contributed by atoms with Gasteiger partial charge >= 0.3 is 0 Å². The third-order valence-corrected chi connectivity index (χ3v) is 3.21. The first-order valence-corrected chi connectivity index (χ1v) is 6.38. The lowest BCUT2D eigenvalue weighted by atomic mass is 9.90. The van der Waals surface area contributed by atoms with Crippen LogP contribution in [0.2, 0.25) is 0 Å². The topological polar surface area (TPSA) is 15.3 Å². The van der Waals surface area contributed by atoms with Gasteiger partial charge in [0, 0.05) is 6.54 Å². The summed E-state index contributed by atoms with van der Waals surface area (Å²) >= 11 is 0. The molecule has 1 N–H and O–H groups in total. The zero-order valence-electron chi connectivity index (χ0n) is 11.0. The first-order chi connectivity index (χ1) is 7.01. The highest BCUT2D eigenvalue weighted by atomic mass is 15.1. The second kappa shape index (κ2) is 5.86. The Kier molecular flexibility index (Phi) is 5.07. The van der Waals surface area contributed by atoms with Crippen LogP contribution in [0.15, 0.2) is 0 Å². The van der Waals surface area contributed by atoms with Crippen molar-refractivity contribution in [2.24, 2.45) is 11.3 Å². The predicted molar refractivity (Wildman–Crippen MR) is 67.2 cm³/mol. The summed E-state index contributed by atoms with van der Waals surface area (Å²) in [4.78, 5) is 2.63. The molecule has 0 saturated carbocycles. The van der Waals surface area contributed by atoms with Gasteiger partial charge in [0.25, 0.3) is 0 Å². The Morgan fingerprint density at radius 1 is 1.20 bits per heavy atom. The van der Waals surface area contributed by atoms with E-state index < -0.39 is 0 Å². The Labute approximate surface area is 95.4 Å². The van der Waals surface area contributed by atoms with Crippen molar-refractivity contribution in [3.05, 3.63) is 0 Å². The molecular weight excluding hydrogens is 184 g/mol. The highest BCUT2D eigenvalue weighted by Crippen LogP contribution is 2.23. The third kappa shape index (κ3) is 5.53. The van der Waals surface area contributed by atoms with Gasteiger partial charge in [-0.2, -0.15) is 0 Å². The molecule has 0 bridgehead atoms. The molecule has 15 heavy (non-hydrogen) atoms. The number of rotatable bonds is 4. The Hall–Kier alpha value is -0.0800. The van der Waals surface area contributed by atoms with Crippen molar-refractivity contribution in [1.29, 1.82) is 0 Å². The van der Waals surface area contributed by atoms with E-state index in [1.165, 1.54) is 45.4 Å². The first-order valence-electron chi connectivity index (χ1n) is 6.38. The third-order valence-electron chi connectivity index (χ3n) is 3.21. The van der Waals surface area contributed by atoms with Gasteiger partial charge in [0.15, 0.2) is 0 Å². The molecule has 2 heteroatoms. The quantitative estimate of drug-likeness (QED) is 0.769. The molecule has 0 radical (unpaired) electrons. The van der Waals surface area contributed by atoms with Gasteiger partial charge in [-0.1, -0.05) is 20.8 Å². The van der Waals surface area contributed by atoms with Crippen LogP contribution in [-0.2, 0) is 0 Å². The van der Waals surface area contributed by atoms with Gasteiger partial charge < -0.3 is 10.2 Å². The number of nitrogens with zero attached hydrogens (tertiary/aromatic N) is 1. The van der Waals surface area contributed by atoms with Crippen molar-refractivity contribution < 1.29 is 0 Å². The molecule has 0 amide bonds. The number of hydrogen-bond acceptors (Lipinski definition) is 2. The van der Waals surface area contributed by atoms with Crippen LogP contribution in [0.1, 0.15) is 40.0 Å². The van der Waals surface area contributed by atoms with E-state index in [2.05, 4.69) is 38.0 Å².